The molecule has 0 bridgehead atoms. The fourth-order valence-electron chi connectivity index (χ4n) is 4.06. The van der Waals surface area contributed by atoms with E-state index in [0.29, 0.717) is 5.92 Å². The molecule has 22 heavy (non-hydrogen) atoms. The summed E-state index contributed by atoms with van der Waals surface area (Å²) in [5.41, 5.74) is 7.10. The lowest BCUT2D eigenvalue weighted by atomic mass is 9.63. The van der Waals surface area contributed by atoms with Crippen molar-refractivity contribution in [3.63, 3.8) is 0 Å². The van der Waals surface area contributed by atoms with E-state index in [4.69, 9.17) is 0 Å². The molecule has 3 rings (SSSR count). The summed E-state index contributed by atoms with van der Waals surface area (Å²) in [6.07, 6.45) is 2.35. The van der Waals surface area contributed by atoms with E-state index in [1.807, 2.05) is 0 Å². The summed E-state index contributed by atoms with van der Waals surface area (Å²) in [5.74, 6) is 0.428. The predicted octanol–water partition coefficient (Wildman–Crippen LogP) is 5.91. The summed E-state index contributed by atoms with van der Waals surface area (Å²) in [6.45, 7) is 9.18. The van der Waals surface area contributed by atoms with E-state index >= 15 is 0 Å². The highest BCUT2D eigenvalue weighted by atomic mass is 14.4. The molecule has 0 N–H and O–H groups in total. The largest absolute Gasteiger partial charge is 0.0647 e. The van der Waals surface area contributed by atoms with Crippen LogP contribution < -0.4 is 0 Å². The summed E-state index contributed by atoms with van der Waals surface area (Å²) < 4.78 is 0. The fraction of sp³-hybridized carbons (Fsp3) is 0.273. The molecule has 112 valence electrons. The highest BCUT2D eigenvalue weighted by molar-refractivity contribution is 5.50. The van der Waals surface area contributed by atoms with Gasteiger partial charge >= 0.3 is 0 Å². The van der Waals surface area contributed by atoms with Crippen molar-refractivity contribution in [1.82, 2.24) is 0 Å². The van der Waals surface area contributed by atoms with Gasteiger partial charge in [0.1, 0.15) is 0 Å². The minimum Gasteiger partial charge on any atom is -0.0647 e. The maximum Gasteiger partial charge on any atom is 0.0277 e. The molecule has 1 unspecified atom stereocenters. The number of allylic oxidation sites excluding steroid dienone is 4. The topological polar surface area (TPSA) is 0 Å². The van der Waals surface area contributed by atoms with Gasteiger partial charge in [-0.2, -0.15) is 0 Å². The van der Waals surface area contributed by atoms with Gasteiger partial charge < -0.3 is 0 Å². The normalized spacial score (nSPS) is 18.5. The van der Waals surface area contributed by atoms with E-state index in [-0.39, 0.29) is 5.41 Å². The Morgan fingerprint density at radius 1 is 0.727 bits per heavy atom. The van der Waals surface area contributed by atoms with Crippen LogP contribution in [0, 0.1) is 5.92 Å². The highest BCUT2D eigenvalue weighted by Gasteiger charge is 2.41. The number of rotatable bonds is 3. The van der Waals surface area contributed by atoms with Crippen LogP contribution in [-0.4, -0.2) is 0 Å². The average Bonchev–Trinajstić information content (AvgIpc) is 2.81. The average molecular weight is 288 g/mol. The summed E-state index contributed by atoms with van der Waals surface area (Å²) in [7, 11) is 0. The Kier molecular flexibility index (Phi) is 3.78. The van der Waals surface area contributed by atoms with E-state index in [0.717, 1.165) is 0 Å². The summed E-state index contributed by atoms with van der Waals surface area (Å²) in [6, 6.07) is 21.9. The molecule has 0 saturated heterocycles. The molecule has 0 fully saturated rings. The lowest BCUT2D eigenvalue weighted by molar-refractivity contribution is 0.450. The molecule has 0 heterocycles. The first-order valence-electron chi connectivity index (χ1n) is 8.01. The van der Waals surface area contributed by atoms with Gasteiger partial charge in [0.25, 0.3) is 0 Å². The molecule has 0 saturated carbocycles. The molecule has 1 aliphatic rings. The number of hydrogen-bond acceptors (Lipinski definition) is 0. The second-order valence-corrected chi connectivity index (χ2v) is 6.62. The quantitative estimate of drug-likeness (QED) is 0.659. The van der Waals surface area contributed by atoms with E-state index in [2.05, 4.69) is 94.4 Å². The zero-order valence-electron chi connectivity index (χ0n) is 13.9. The lowest BCUT2D eigenvalue weighted by Crippen LogP contribution is -2.34. The first-order chi connectivity index (χ1) is 10.5. The van der Waals surface area contributed by atoms with Crippen LogP contribution in [0.1, 0.15) is 38.8 Å². The molecule has 0 amide bonds. The molecule has 2 aromatic carbocycles. The molecule has 1 aliphatic carbocycles. The third kappa shape index (κ3) is 2.23. The zero-order chi connectivity index (χ0) is 15.7. The first kappa shape index (κ1) is 14.8. The van der Waals surface area contributed by atoms with Gasteiger partial charge in [-0.05, 0) is 31.9 Å². The first-order valence-corrected chi connectivity index (χ1v) is 8.01. The van der Waals surface area contributed by atoms with E-state index < -0.39 is 0 Å². The van der Waals surface area contributed by atoms with Crippen LogP contribution in [0.25, 0.3) is 0 Å². The standard InChI is InChI=1S/C22H24/c1-16-15-17(2)21(18(16)3)22(4,19-11-7-5-8-12-19)20-13-9-6-10-14-20/h5-15,21H,1-4H3. The van der Waals surface area contributed by atoms with Crippen LogP contribution in [0.4, 0.5) is 0 Å². The van der Waals surface area contributed by atoms with Gasteiger partial charge in [-0.15, -0.1) is 0 Å². The van der Waals surface area contributed by atoms with Crippen LogP contribution in [-0.2, 0) is 5.41 Å². The Bertz CT molecular complexity index is 678. The SMILES string of the molecule is CC1=CC(C)=C(C)C1C(C)(c1ccccc1)c1ccccc1. The molecule has 0 radical (unpaired) electrons. The predicted molar refractivity (Wildman–Crippen MR) is 95.0 cm³/mol. The Labute approximate surface area is 134 Å². The van der Waals surface area contributed by atoms with Crippen molar-refractivity contribution in [2.24, 2.45) is 5.92 Å². The summed E-state index contributed by atoms with van der Waals surface area (Å²) in [4.78, 5) is 0. The van der Waals surface area contributed by atoms with Crippen LogP contribution in [0.5, 0.6) is 0 Å². The Morgan fingerprint density at radius 2 is 1.18 bits per heavy atom. The second kappa shape index (κ2) is 5.61. The van der Waals surface area contributed by atoms with Crippen LogP contribution in [0.3, 0.4) is 0 Å². The minimum atomic E-state index is -0.0368. The summed E-state index contributed by atoms with van der Waals surface area (Å²) in [5, 5.41) is 0. The van der Waals surface area contributed by atoms with Crippen molar-refractivity contribution in [1.29, 1.82) is 0 Å². The highest BCUT2D eigenvalue weighted by Crippen LogP contribution is 2.49. The lowest BCUT2D eigenvalue weighted by Gasteiger charge is -2.39. The second-order valence-electron chi connectivity index (χ2n) is 6.62. The zero-order valence-corrected chi connectivity index (χ0v) is 13.9. The third-order valence-electron chi connectivity index (χ3n) is 5.28. The minimum absolute atomic E-state index is 0.0368. The molecule has 0 nitrogen and oxygen atoms in total. The fourth-order valence-corrected chi connectivity index (χ4v) is 4.06. The van der Waals surface area contributed by atoms with E-state index in [1.165, 1.54) is 27.8 Å². The van der Waals surface area contributed by atoms with Gasteiger partial charge in [0.2, 0.25) is 0 Å². The molecule has 1 atom stereocenters. The molecule has 0 aliphatic heterocycles. The van der Waals surface area contributed by atoms with Crippen molar-refractivity contribution in [3.8, 4) is 0 Å². The van der Waals surface area contributed by atoms with Gasteiger partial charge in [0.05, 0.1) is 0 Å². The van der Waals surface area contributed by atoms with Gasteiger partial charge in [0, 0.05) is 11.3 Å². The smallest absolute Gasteiger partial charge is 0.0277 e. The van der Waals surface area contributed by atoms with Crippen molar-refractivity contribution in [2.45, 2.75) is 33.1 Å². The van der Waals surface area contributed by atoms with Gasteiger partial charge in [-0.1, -0.05) is 90.4 Å². The van der Waals surface area contributed by atoms with Crippen LogP contribution in [0.2, 0.25) is 0 Å². The van der Waals surface area contributed by atoms with Crippen molar-refractivity contribution >= 4 is 0 Å². The Morgan fingerprint density at radius 3 is 1.55 bits per heavy atom. The van der Waals surface area contributed by atoms with Crippen molar-refractivity contribution < 1.29 is 0 Å². The number of benzene rings is 2. The van der Waals surface area contributed by atoms with Gasteiger partial charge in [0.15, 0.2) is 0 Å². The van der Waals surface area contributed by atoms with Gasteiger partial charge in [-0.25, -0.2) is 0 Å². The van der Waals surface area contributed by atoms with E-state index in [9.17, 15) is 0 Å². The molecular formula is C22H24. The number of hydrogen-bond donors (Lipinski definition) is 0. The molecule has 0 heteroatoms. The summed E-state index contributed by atoms with van der Waals surface area (Å²) >= 11 is 0. The molecule has 0 spiro atoms. The monoisotopic (exact) mass is 288 g/mol. The van der Waals surface area contributed by atoms with E-state index in [1.54, 1.807) is 0 Å². The molecule has 2 aromatic rings. The maximum atomic E-state index is 2.39. The van der Waals surface area contributed by atoms with Gasteiger partial charge in [-0.3, -0.25) is 0 Å². The Hall–Kier alpha value is -2.08. The van der Waals surface area contributed by atoms with Crippen molar-refractivity contribution in [2.75, 3.05) is 0 Å². The van der Waals surface area contributed by atoms with Crippen LogP contribution >= 0.6 is 0 Å². The Balaban J connectivity index is 2.24. The van der Waals surface area contributed by atoms with Crippen molar-refractivity contribution in [3.05, 3.63) is 94.6 Å². The molecular weight excluding hydrogens is 264 g/mol. The molecule has 0 aromatic heterocycles. The maximum absolute atomic E-state index is 2.39. The third-order valence-corrected chi connectivity index (χ3v) is 5.28. The van der Waals surface area contributed by atoms with Crippen LogP contribution in [0.15, 0.2) is 83.5 Å².